The Hall–Kier alpha value is -5.81. The van der Waals surface area contributed by atoms with E-state index in [-0.39, 0.29) is 17.1 Å². The van der Waals surface area contributed by atoms with Crippen LogP contribution >= 0.6 is 0 Å². The first kappa shape index (κ1) is 39.4. The number of nitrogens with one attached hydrogen (secondary N) is 1. The normalized spacial score (nSPS) is 13.9. The van der Waals surface area contributed by atoms with Crippen LogP contribution < -0.4 is 9.62 Å². The summed E-state index contributed by atoms with van der Waals surface area (Å²) in [6.07, 6.45) is 5.24. The van der Waals surface area contributed by atoms with Crippen LogP contribution in [0.15, 0.2) is 96.3 Å². The van der Waals surface area contributed by atoms with Gasteiger partial charge in [0.05, 0.1) is 34.8 Å². The number of rotatable bonds is 9. The summed E-state index contributed by atoms with van der Waals surface area (Å²) in [6, 6.07) is 18.4. The van der Waals surface area contributed by atoms with E-state index >= 15 is 0 Å². The summed E-state index contributed by atoms with van der Waals surface area (Å²) >= 11 is 0. The zero-order valence-electron chi connectivity index (χ0n) is 31.9. The van der Waals surface area contributed by atoms with Crippen LogP contribution in [0.2, 0.25) is 0 Å². The minimum absolute atomic E-state index is 0.0526. The highest BCUT2D eigenvalue weighted by Gasteiger charge is 2.28. The van der Waals surface area contributed by atoms with Crippen LogP contribution in [0, 0.1) is 18.6 Å². The third-order valence-electron chi connectivity index (χ3n) is 9.27. The number of nitrogens with zero attached hydrogens (tertiary/aromatic N) is 6. The van der Waals surface area contributed by atoms with Gasteiger partial charge >= 0.3 is 6.09 Å². The molecule has 57 heavy (non-hydrogen) atoms. The number of hydrogen-bond acceptors (Lipinski definition) is 9. The molecule has 0 radical (unpaired) electrons. The first-order valence-corrected chi connectivity index (χ1v) is 21.3. The molecule has 1 aliphatic rings. The number of aryl methyl sites for hydroxylation is 1. The fourth-order valence-electron chi connectivity index (χ4n) is 6.66. The first-order valence-electron chi connectivity index (χ1n) is 18.0. The molecule has 298 valence electrons. The highest BCUT2D eigenvalue weighted by molar-refractivity contribution is 7.92. The molecular weight excluding hydrogens is 777 g/mol. The van der Waals surface area contributed by atoms with Gasteiger partial charge in [0.15, 0.2) is 5.65 Å². The molecule has 7 rings (SSSR count). The summed E-state index contributed by atoms with van der Waals surface area (Å²) in [4.78, 5) is 21.0. The third kappa shape index (κ3) is 8.78. The van der Waals surface area contributed by atoms with Crippen molar-refractivity contribution in [2.75, 3.05) is 42.1 Å². The molecule has 0 saturated carbocycles. The van der Waals surface area contributed by atoms with Crippen molar-refractivity contribution < 1.29 is 35.1 Å². The van der Waals surface area contributed by atoms with E-state index in [4.69, 9.17) is 4.74 Å². The van der Waals surface area contributed by atoms with Gasteiger partial charge in [-0.3, -0.25) is 9.40 Å². The summed E-state index contributed by atoms with van der Waals surface area (Å²) < 4.78 is 92.0. The quantitative estimate of drug-likeness (QED) is 0.165. The Morgan fingerprint density at radius 1 is 0.877 bits per heavy atom. The van der Waals surface area contributed by atoms with E-state index in [1.807, 2.05) is 17.9 Å². The summed E-state index contributed by atoms with van der Waals surface area (Å²) in [5.74, 6) is -1.44. The lowest BCUT2D eigenvalue weighted by Gasteiger charge is -2.37. The van der Waals surface area contributed by atoms with Crippen molar-refractivity contribution in [2.45, 2.75) is 44.7 Å². The number of benzene rings is 3. The van der Waals surface area contributed by atoms with Crippen molar-refractivity contribution >= 4 is 48.5 Å². The second-order valence-electron chi connectivity index (χ2n) is 15.0. The number of carbonyl (C=O) groups excluding carboxylic acids is 1. The van der Waals surface area contributed by atoms with Crippen molar-refractivity contribution in [2.24, 2.45) is 0 Å². The number of pyridine rings is 1. The predicted molar refractivity (Wildman–Crippen MR) is 214 cm³/mol. The largest absolute Gasteiger partial charge is 0.444 e. The summed E-state index contributed by atoms with van der Waals surface area (Å²) in [5.41, 5.74) is 3.61. The molecule has 4 heterocycles. The van der Waals surface area contributed by atoms with E-state index < -0.39 is 43.4 Å². The summed E-state index contributed by atoms with van der Waals surface area (Å²) in [6.45, 7) is 8.91. The summed E-state index contributed by atoms with van der Waals surface area (Å²) in [7, 11) is -7.87. The van der Waals surface area contributed by atoms with Crippen molar-refractivity contribution in [1.29, 1.82) is 0 Å². The highest BCUT2D eigenvalue weighted by atomic mass is 32.2. The van der Waals surface area contributed by atoms with Crippen LogP contribution in [0.1, 0.15) is 31.9 Å². The van der Waals surface area contributed by atoms with E-state index in [0.29, 0.717) is 70.9 Å². The molecule has 1 N–H and O–H groups in total. The number of hydrogen-bond donors (Lipinski definition) is 1. The molecule has 0 bridgehead atoms. The van der Waals surface area contributed by atoms with Gasteiger partial charge in [-0.2, -0.15) is 5.10 Å². The van der Waals surface area contributed by atoms with Gasteiger partial charge in [-0.15, -0.1) is 0 Å². The molecular formula is C40H41F2N7O6S2. The average Bonchev–Trinajstić information content (AvgIpc) is 3.75. The Morgan fingerprint density at radius 2 is 1.56 bits per heavy atom. The molecule has 0 atom stereocenters. The molecule has 3 aromatic carbocycles. The number of anilines is 2. The van der Waals surface area contributed by atoms with Crippen LogP contribution in [0.5, 0.6) is 0 Å². The zero-order valence-corrected chi connectivity index (χ0v) is 33.5. The minimum Gasteiger partial charge on any atom is -0.444 e. The smallest absolute Gasteiger partial charge is 0.410 e. The van der Waals surface area contributed by atoms with Crippen LogP contribution in [-0.2, 0) is 31.3 Å². The van der Waals surface area contributed by atoms with Crippen molar-refractivity contribution in [3.63, 3.8) is 0 Å². The van der Waals surface area contributed by atoms with Crippen molar-refractivity contribution in [1.82, 2.24) is 23.6 Å². The van der Waals surface area contributed by atoms with Gasteiger partial charge in [0.25, 0.3) is 10.0 Å². The van der Waals surface area contributed by atoms with Crippen LogP contribution in [0.4, 0.5) is 25.0 Å². The first-order chi connectivity index (χ1) is 26.8. The standard InChI is InChI=1S/C40H41F2N7O6S2/c1-26-6-9-32(10-7-26)57(53,54)49-25-34(35-12-13-48(44-35)24-27-18-30(41)22-31(42)19-27)33-20-29(23-43-38(33)49)28-8-11-37(36(21-28)45-56(5,51)52)46-14-16-47(17-15-46)39(50)55-40(2,3)4/h6-13,18-23,25,45H,14-17,24H2,1-5H3. The molecule has 17 heteroatoms. The number of halogens is 2. The van der Waals surface area contributed by atoms with Gasteiger partial charge in [-0.25, -0.2) is 39.4 Å². The van der Waals surface area contributed by atoms with Crippen LogP contribution in [0.25, 0.3) is 33.4 Å². The topological polar surface area (TPSA) is 149 Å². The molecule has 1 fully saturated rings. The second kappa shape index (κ2) is 14.9. The van der Waals surface area contributed by atoms with Crippen LogP contribution in [-0.4, -0.2) is 84.6 Å². The Bertz CT molecular complexity index is 2700. The number of amides is 1. The van der Waals surface area contributed by atoms with Gasteiger partial charge in [-0.1, -0.05) is 23.8 Å². The van der Waals surface area contributed by atoms with E-state index in [9.17, 15) is 30.4 Å². The lowest BCUT2D eigenvalue weighted by atomic mass is 10.0. The van der Waals surface area contributed by atoms with Gasteiger partial charge in [0.1, 0.15) is 17.2 Å². The number of aromatic nitrogens is 4. The maximum Gasteiger partial charge on any atom is 0.410 e. The number of fused-ring (bicyclic) bond motifs is 1. The Balaban J connectivity index is 1.28. The van der Waals surface area contributed by atoms with Gasteiger partial charge < -0.3 is 14.5 Å². The van der Waals surface area contributed by atoms with E-state index in [1.54, 1.807) is 68.3 Å². The minimum atomic E-state index is -4.14. The van der Waals surface area contributed by atoms with Gasteiger partial charge in [0, 0.05) is 67.3 Å². The SMILES string of the molecule is Cc1ccc(S(=O)(=O)n2cc(-c3ccn(Cc4cc(F)cc(F)c4)n3)c3cc(-c4ccc(N5CCN(C(=O)OC(C)(C)C)CC5)c(NS(C)(=O)=O)c4)cnc32)cc1. The van der Waals surface area contributed by atoms with Crippen molar-refractivity contribution in [3.05, 3.63) is 114 Å². The number of carbonyl (C=O) groups is 1. The van der Waals surface area contributed by atoms with E-state index in [1.165, 1.54) is 41.3 Å². The van der Waals surface area contributed by atoms with Crippen LogP contribution in [0.3, 0.4) is 0 Å². The fraction of sp³-hybridized carbons (Fsp3) is 0.275. The Kier molecular flexibility index (Phi) is 10.3. The Labute approximate surface area is 329 Å². The molecule has 6 aromatic rings. The number of ether oxygens (including phenoxy) is 1. The van der Waals surface area contributed by atoms with Crippen molar-refractivity contribution in [3.8, 4) is 22.4 Å². The third-order valence-corrected chi connectivity index (χ3v) is 11.5. The van der Waals surface area contributed by atoms with E-state index in [0.717, 1.165) is 21.9 Å². The Morgan fingerprint density at radius 3 is 2.21 bits per heavy atom. The maximum absolute atomic E-state index is 14.1. The molecule has 1 amide bonds. The summed E-state index contributed by atoms with van der Waals surface area (Å²) in [5, 5.41) is 5.08. The lowest BCUT2D eigenvalue weighted by Crippen LogP contribution is -2.50. The molecule has 0 spiro atoms. The molecule has 0 unspecified atom stereocenters. The molecule has 13 nitrogen and oxygen atoms in total. The molecule has 1 aliphatic heterocycles. The van der Waals surface area contributed by atoms with E-state index in [2.05, 4.69) is 14.8 Å². The highest BCUT2D eigenvalue weighted by Crippen LogP contribution is 2.37. The fourth-order valence-corrected chi connectivity index (χ4v) is 8.55. The predicted octanol–water partition coefficient (Wildman–Crippen LogP) is 6.87. The van der Waals surface area contributed by atoms with Gasteiger partial charge in [-0.05, 0) is 87.4 Å². The molecule has 0 aliphatic carbocycles. The molecule has 3 aromatic heterocycles. The average molecular weight is 818 g/mol. The number of piperazine rings is 1. The zero-order chi connectivity index (χ0) is 40.9. The van der Waals surface area contributed by atoms with Gasteiger partial charge in [0.2, 0.25) is 10.0 Å². The number of sulfonamides is 1. The maximum atomic E-state index is 14.1. The lowest BCUT2D eigenvalue weighted by molar-refractivity contribution is 0.0240. The monoisotopic (exact) mass is 817 g/mol. The molecule has 1 saturated heterocycles. The second-order valence-corrected chi connectivity index (χ2v) is 18.6.